The molecule has 3 rings (SSSR count). The maximum absolute atomic E-state index is 10.9. The molecular formula is C15H16N2O4. The molecule has 110 valence electrons. The van der Waals surface area contributed by atoms with Crippen LogP contribution >= 0.6 is 0 Å². The number of nitrogens with one attached hydrogen (secondary N) is 1. The fourth-order valence-corrected chi connectivity index (χ4v) is 2.54. The molecule has 2 heterocycles. The highest BCUT2D eigenvalue weighted by molar-refractivity contribution is 5.91. The summed E-state index contributed by atoms with van der Waals surface area (Å²) in [5.74, 6) is 0.337. The van der Waals surface area contributed by atoms with E-state index < -0.39 is 12.0 Å². The lowest BCUT2D eigenvalue weighted by Crippen LogP contribution is -2.30. The zero-order chi connectivity index (χ0) is 14.8. The Kier molecular flexibility index (Phi) is 3.62. The molecule has 0 saturated carbocycles. The monoisotopic (exact) mass is 288 g/mol. The third-order valence-corrected chi connectivity index (χ3v) is 3.61. The Morgan fingerprint density at radius 3 is 2.81 bits per heavy atom. The lowest BCUT2D eigenvalue weighted by atomic mass is 10.1. The highest BCUT2D eigenvalue weighted by atomic mass is 16.5. The number of benzene rings is 1. The summed E-state index contributed by atoms with van der Waals surface area (Å²) in [5.41, 5.74) is 0. The first kappa shape index (κ1) is 13.6. The first-order valence-electron chi connectivity index (χ1n) is 6.73. The van der Waals surface area contributed by atoms with Crippen LogP contribution in [0.3, 0.4) is 0 Å². The van der Waals surface area contributed by atoms with Gasteiger partial charge in [0.1, 0.15) is 17.9 Å². The van der Waals surface area contributed by atoms with E-state index in [0.29, 0.717) is 24.6 Å². The predicted molar refractivity (Wildman–Crippen MR) is 76.8 cm³/mol. The number of aliphatic carboxylic acids is 1. The van der Waals surface area contributed by atoms with Gasteiger partial charge in [0.2, 0.25) is 5.88 Å². The quantitative estimate of drug-likeness (QED) is 0.886. The molecule has 1 saturated heterocycles. The van der Waals surface area contributed by atoms with Gasteiger partial charge in [-0.25, -0.2) is 4.98 Å². The zero-order valence-corrected chi connectivity index (χ0v) is 11.6. The number of rotatable bonds is 4. The number of fused-ring (bicyclic) bond motifs is 1. The van der Waals surface area contributed by atoms with Gasteiger partial charge < -0.3 is 19.9 Å². The van der Waals surface area contributed by atoms with E-state index in [9.17, 15) is 4.79 Å². The number of nitrogens with zero attached hydrogens (tertiary/aromatic N) is 1. The van der Waals surface area contributed by atoms with Crippen LogP contribution in [0.25, 0.3) is 10.8 Å². The molecule has 1 aromatic heterocycles. The average molecular weight is 288 g/mol. The first-order chi connectivity index (χ1) is 10.2. The summed E-state index contributed by atoms with van der Waals surface area (Å²) in [6.07, 6.45) is 1.85. The summed E-state index contributed by atoms with van der Waals surface area (Å²) in [5, 5.41) is 13.7. The number of aromatic nitrogens is 1. The van der Waals surface area contributed by atoms with Gasteiger partial charge in [0.25, 0.3) is 0 Å². The van der Waals surface area contributed by atoms with Crippen LogP contribution in [-0.2, 0) is 4.79 Å². The highest BCUT2D eigenvalue weighted by Gasteiger charge is 2.31. The molecule has 0 bridgehead atoms. The molecule has 1 fully saturated rings. The van der Waals surface area contributed by atoms with Gasteiger partial charge in [0, 0.05) is 23.7 Å². The Balaban J connectivity index is 1.87. The third kappa shape index (κ3) is 2.62. The average Bonchev–Trinajstić information content (AvgIpc) is 2.96. The second-order valence-corrected chi connectivity index (χ2v) is 4.95. The van der Waals surface area contributed by atoms with Gasteiger partial charge in [-0.1, -0.05) is 18.2 Å². The molecule has 1 aromatic carbocycles. The van der Waals surface area contributed by atoms with Crippen LogP contribution in [0.4, 0.5) is 0 Å². The van der Waals surface area contributed by atoms with Crippen molar-refractivity contribution in [2.45, 2.75) is 18.6 Å². The topological polar surface area (TPSA) is 80.7 Å². The van der Waals surface area contributed by atoms with Gasteiger partial charge >= 0.3 is 5.97 Å². The van der Waals surface area contributed by atoms with Crippen molar-refractivity contribution in [3.63, 3.8) is 0 Å². The van der Waals surface area contributed by atoms with Crippen molar-refractivity contribution in [3.05, 3.63) is 30.5 Å². The SMILES string of the molecule is COc1cnc(OC2CN[C@H](C(=O)O)C2)c2ccccc12. The number of carboxylic acids is 1. The first-order valence-corrected chi connectivity index (χ1v) is 6.73. The fourth-order valence-electron chi connectivity index (χ4n) is 2.54. The Morgan fingerprint density at radius 1 is 1.38 bits per heavy atom. The van der Waals surface area contributed by atoms with Crippen molar-refractivity contribution in [3.8, 4) is 11.6 Å². The summed E-state index contributed by atoms with van der Waals surface area (Å²) in [6.45, 7) is 0.499. The Bertz CT molecular complexity index is 674. The molecule has 0 aliphatic carbocycles. The molecule has 21 heavy (non-hydrogen) atoms. The smallest absolute Gasteiger partial charge is 0.320 e. The molecule has 1 unspecified atom stereocenters. The lowest BCUT2D eigenvalue weighted by Gasteiger charge is -2.14. The van der Waals surface area contributed by atoms with E-state index in [1.165, 1.54) is 0 Å². The van der Waals surface area contributed by atoms with Crippen LogP contribution in [0.5, 0.6) is 11.6 Å². The molecule has 0 amide bonds. The number of hydrogen-bond donors (Lipinski definition) is 2. The molecule has 6 heteroatoms. The molecular weight excluding hydrogens is 272 g/mol. The molecule has 2 atom stereocenters. The minimum absolute atomic E-state index is 0.199. The molecule has 0 radical (unpaired) electrons. The van der Waals surface area contributed by atoms with Gasteiger partial charge in [0.15, 0.2) is 0 Å². The minimum Gasteiger partial charge on any atom is -0.494 e. The number of hydrogen-bond acceptors (Lipinski definition) is 5. The largest absolute Gasteiger partial charge is 0.494 e. The van der Waals surface area contributed by atoms with E-state index in [2.05, 4.69) is 10.3 Å². The maximum Gasteiger partial charge on any atom is 0.320 e. The number of ether oxygens (including phenoxy) is 2. The summed E-state index contributed by atoms with van der Waals surface area (Å²) >= 11 is 0. The van der Waals surface area contributed by atoms with Crippen LogP contribution < -0.4 is 14.8 Å². The molecule has 6 nitrogen and oxygen atoms in total. The van der Waals surface area contributed by atoms with Gasteiger partial charge in [-0.3, -0.25) is 4.79 Å². The predicted octanol–water partition coefficient (Wildman–Crippen LogP) is 1.44. The van der Waals surface area contributed by atoms with Crippen LogP contribution in [0.15, 0.2) is 30.5 Å². The van der Waals surface area contributed by atoms with E-state index in [-0.39, 0.29) is 6.10 Å². The molecule has 1 aliphatic heterocycles. The molecule has 2 aromatic rings. The van der Waals surface area contributed by atoms with Crippen molar-refractivity contribution >= 4 is 16.7 Å². The van der Waals surface area contributed by atoms with Crippen molar-refractivity contribution in [1.82, 2.24) is 10.3 Å². The normalized spacial score (nSPS) is 21.4. The number of carbonyl (C=O) groups is 1. The lowest BCUT2D eigenvalue weighted by molar-refractivity contribution is -0.139. The van der Waals surface area contributed by atoms with Crippen molar-refractivity contribution in [1.29, 1.82) is 0 Å². The minimum atomic E-state index is -0.853. The van der Waals surface area contributed by atoms with Crippen molar-refractivity contribution in [2.75, 3.05) is 13.7 Å². The summed E-state index contributed by atoms with van der Waals surface area (Å²) in [4.78, 5) is 15.2. The summed E-state index contributed by atoms with van der Waals surface area (Å²) < 4.78 is 11.2. The van der Waals surface area contributed by atoms with Crippen molar-refractivity contribution in [2.24, 2.45) is 0 Å². The van der Waals surface area contributed by atoms with E-state index in [0.717, 1.165) is 10.8 Å². The van der Waals surface area contributed by atoms with E-state index in [1.54, 1.807) is 13.3 Å². The number of carboxylic acid groups (broad SMARTS) is 1. The van der Waals surface area contributed by atoms with Gasteiger partial charge in [0.05, 0.1) is 13.3 Å². The van der Waals surface area contributed by atoms with Crippen LogP contribution in [-0.4, -0.2) is 41.9 Å². The summed E-state index contributed by atoms with van der Waals surface area (Å²) in [6, 6.07) is 7.13. The third-order valence-electron chi connectivity index (χ3n) is 3.61. The highest BCUT2D eigenvalue weighted by Crippen LogP contribution is 2.31. The zero-order valence-electron chi connectivity index (χ0n) is 11.6. The molecule has 1 aliphatic rings. The number of methoxy groups -OCH3 is 1. The van der Waals surface area contributed by atoms with Crippen LogP contribution in [0.2, 0.25) is 0 Å². The second-order valence-electron chi connectivity index (χ2n) is 4.95. The van der Waals surface area contributed by atoms with E-state index in [1.807, 2.05) is 24.3 Å². The van der Waals surface area contributed by atoms with Crippen LogP contribution in [0, 0.1) is 0 Å². The molecule has 0 spiro atoms. The second kappa shape index (κ2) is 5.57. The maximum atomic E-state index is 10.9. The van der Waals surface area contributed by atoms with Gasteiger partial charge in [-0.15, -0.1) is 0 Å². The van der Waals surface area contributed by atoms with E-state index in [4.69, 9.17) is 14.6 Å². The van der Waals surface area contributed by atoms with E-state index >= 15 is 0 Å². The van der Waals surface area contributed by atoms with Gasteiger partial charge in [-0.2, -0.15) is 0 Å². The standard InChI is InChI=1S/C15H16N2O4/c1-20-13-8-17-14(11-5-3-2-4-10(11)13)21-9-6-12(15(18)19)16-7-9/h2-5,8-9,12,16H,6-7H2,1H3,(H,18,19)/t9?,12-/m0/s1. The Hall–Kier alpha value is -2.34. The fraction of sp³-hybridized carbons (Fsp3) is 0.333. The van der Waals surface area contributed by atoms with Crippen LogP contribution in [0.1, 0.15) is 6.42 Å². The van der Waals surface area contributed by atoms with Gasteiger partial charge in [-0.05, 0) is 6.07 Å². The Morgan fingerprint density at radius 2 is 2.14 bits per heavy atom. The Labute approximate surface area is 121 Å². The molecule has 2 N–H and O–H groups in total. The summed E-state index contributed by atoms with van der Waals surface area (Å²) in [7, 11) is 1.60. The number of pyridine rings is 1. The van der Waals surface area contributed by atoms with Crippen molar-refractivity contribution < 1.29 is 19.4 Å².